The summed E-state index contributed by atoms with van der Waals surface area (Å²) < 4.78 is 10.9. The van der Waals surface area contributed by atoms with Crippen LogP contribution in [0.4, 0.5) is 0 Å². The summed E-state index contributed by atoms with van der Waals surface area (Å²) in [6.45, 7) is 3.78. The fourth-order valence-corrected chi connectivity index (χ4v) is 4.29. The zero-order chi connectivity index (χ0) is 22.9. The van der Waals surface area contributed by atoms with Gasteiger partial charge in [-0.25, -0.2) is 0 Å². The van der Waals surface area contributed by atoms with E-state index in [1.807, 2.05) is 42.5 Å². The van der Waals surface area contributed by atoms with Crippen molar-refractivity contribution < 1.29 is 19.4 Å². The van der Waals surface area contributed by atoms with Crippen molar-refractivity contribution in [3.8, 4) is 11.5 Å². The maximum Gasteiger partial charge on any atom is 0.251 e. The number of para-hydroxylation sites is 1. The first-order valence-electron chi connectivity index (χ1n) is 11.3. The van der Waals surface area contributed by atoms with Crippen LogP contribution in [0.15, 0.2) is 42.5 Å². The Morgan fingerprint density at radius 2 is 1.88 bits per heavy atom. The van der Waals surface area contributed by atoms with Gasteiger partial charge in [0.15, 0.2) is 11.5 Å². The molecule has 1 aliphatic rings. The number of amides is 1. The first kappa shape index (κ1) is 24.0. The number of ether oxygens (including phenoxy) is 2. The number of hydrogen-bond donors (Lipinski definition) is 3. The first-order valence-corrected chi connectivity index (χ1v) is 11.3. The number of nitrogens with two attached hydrogens (primary N) is 1. The van der Waals surface area contributed by atoms with Gasteiger partial charge in [-0.15, -0.1) is 0 Å². The molecule has 32 heavy (non-hydrogen) atoms. The van der Waals surface area contributed by atoms with Gasteiger partial charge in [0, 0.05) is 30.8 Å². The van der Waals surface area contributed by atoms with E-state index in [0.29, 0.717) is 30.2 Å². The highest BCUT2D eigenvalue weighted by Crippen LogP contribution is 2.39. The number of nitrogens with one attached hydrogen (secondary N) is 1. The van der Waals surface area contributed by atoms with Crippen LogP contribution in [0.25, 0.3) is 0 Å². The van der Waals surface area contributed by atoms with Crippen LogP contribution in [0.1, 0.15) is 40.4 Å². The van der Waals surface area contributed by atoms with Crippen molar-refractivity contribution in [2.45, 2.75) is 25.4 Å². The molecule has 2 aromatic carbocycles. The fraction of sp³-hybridized carbons (Fsp3) is 0.480. The van der Waals surface area contributed by atoms with Crippen LogP contribution >= 0.6 is 0 Å². The van der Waals surface area contributed by atoms with Gasteiger partial charge in [-0.2, -0.15) is 0 Å². The number of methoxy groups -OCH3 is 2. The summed E-state index contributed by atoms with van der Waals surface area (Å²) in [5, 5.41) is 13.8. The second-order valence-corrected chi connectivity index (χ2v) is 8.20. The van der Waals surface area contributed by atoms with Crippen molar-refractivity contribution in [2.75, 3.05) is 46.9 Å². The summed E-state index contributed by atoms with van der Waals surface area (Å²) in [5.41, 5.74) is 8.09. The number of aliphatic hydroxyl groups excluding tert-OH is 1. The number of hydrogen-bond acceptors (Lipinski definition) is 6. The molecule has 0 aromatic heterocycles. The fourth-order valence-electron chi connectivity index (χ4n) is 4.29. The van der Waals surface area contributed by atoms with Gasteiger partial charge in [-0.1, -0.05) is 24.3 Å². The average Bonchev–Trinajstić information content (AvgIpc) is 2.85. The van der Waals surface area contributed by atoms with E-state index >= 15 is 0 Å². The minimum Gasteiger partial charge on any atom is -0.493 e. The molecule has 0 spiro atoms. The third-order valence-electron chi connectivity index (χ3n) is 6.19. The maximum absolute atomic E-state index is 12.0. The Morgan fingerprint density at radius 3 is 2.50 bits per heavy atom. The van der Waals surface area contributed by atoms with Gasteiger partial charge in [0.25, 0.3) is 5.91 Å². The predicted molar refractivity (Wildman–Crippen MR) is 125 cm³/mol. The van der Waals surface area contributed by atoms with E-state index in [-0.39, 0.29) is 11.8 Å². The van der Waals surface area contributed by atoms with E-state index in [1.165, 1.54) is 5.56 Å². The van der Waals surface area contributed by atoms with Crippen LogP contribution in [-0.2, 0) is 6.42 Å². The third-order valence-corrected chi connectivity index (χ3v) is 6.19. The molecular weight excluding hydrogens is 406 g/mol. The van der Waals surface area contributed by atoms with E-state index in [2.05, 4.69) is 10.2 Å². The van der Waals surface area contributed by atoms with Crippen LogP contribution in [0, 0.1) is 5.92 Å². The molecule has 1 fully saturated rings. The molecular formula is C25H35N3O4. The minimum atomic E-state index is -0.569. The van der Waals surface area contributed by atoms with Crippen molar-refractivity contribution in [3.05, 3.63) is 59.2 Å². The third kappa shape index (κ3) is 6.00. The van der Waals surface area contributed by atoms with Crippen molar-refractivity contribution >= 4 is 5.91 Å². The summed E-state index contributed by atoms with van der Waals surface area (Å²) in [6, 6.07) is 13.4. The summed E-state index contributed by atoms with van der Waals surface area (Å²) >= 11 is 0. The highest BCUT2D eigenvalue weighted by atomic mass is 16.5. The van der Waals surface area contributed by atoms with Crippen molar-refractivity contribution in [1.29, 1.82) is 0 Å². The summed E-state index contributed by atoms with van der Waals surface area (Å²) in [6.07, 6.45) is 2.23. The molecule has 7 nitrogen and oxygen atoms in total. The van der Waals surface area contributed by atoms with Crippen molar-refractivity contribution in [3.63, 3.8) is 0 Å². The molecule has 1 amide bonds. The van der Waals surface area contributed by atoms with Gasteiger partial charge < -0.3 is 30.5 Å². The molecule has 1 saturated heterocycles. The normalized spacial score (nSPS) is 15.9. The Morgan fingerprint density at radius 1 is 1.16 bits per heavy atom. The molecule has 0 aliphatic carbocycles. The quantitative estimate of drug-likeness (QED) is 0.524. The average molecular weight is 442 g/mol. The lowest BCUT2D eigenvalue weighted by molar-refractivity contribution is 0.0572. The number of nitrogens with zero attached hydrogens (tertiary/aromatic N) is 1. The summed E-state index contributed by atoms with van der Waals surface area (Å²) in [4.78, 5) is 14.4. The smallest absolute Gasteiger partial charge is 0.251 e. The van der Waals surface area contributed by atoms with E-state index in [1.54, 1.807) is 14.2 Å². The number of piperidine rings is 1. The lowest BCUT2D eigenvalue weighted by atomic mass is 9.87. The lowest BCUT2D eigenvalue weighted by Gasteiger charge is -2.34. The number of benzene rings is 2. The monoisotopic (exact) mass is 441 g/mol. The standard InChI is InChI=1S/C25H35N3O4/c1-31-22-5-3-4-21(24(22)32-2)23(29)19-11-16-28(17-12-19)15-10-18-6-8-20(9-7-18)25(30)27-14-13-26/h3-9,19,23,29H,10-17,26H2,1-2H3,(H,27,30). The molecule has 0 saturated carbocycles. The van der Waals surface area contributed by atoms with Gasteiger partial charge in [-0.05, 0) is 62.0 Å². The van der Waals surface area contributed by atoms with Gasteiger partial charge in [0.2, 0.25) is 0 Å². The number of carbonyl (C=O) groups is 1. The van der Waals surface area contributed by atoms with E-state index in [9.17, 15) is 9.90 Å². The molecule has 1 heterocycles. The zero-order valence-electron chi connectivity index (χ0n) is 19.0. The molecule has 174 valence electrons. The zero-order valence-corrected chi connectivity index (χ0v) is 19.0. The largest absolute Gasteiger partial charge is 0.493 e. The molecule has 0 bridgehead atoms. The number of likely N-dealkylation sites (tertiary alicyclic amines) is 1. The number of carbonyl (C=O) groups excluding carboxylic acids is 1. The molecule has 4 N–H and O–H groups in total. The predicted octanol–water partition coefficient (Wildman–Crippen LogP) is 2.38. The number of aliphatic hydroxyl groups is 1. The van der Waals surface area contributed by atoms with Crippen molar-refractivity contribution in [2.24, 2.45) is 11.7 Å². The Balaban J connectivity index is 1.49. The van der Waals surface area contributed by atoms with Crippen LogP contribution in [0.2, 0.25) is 0 Å². The summed E-state index contributed by atoms with van der Waals surface area (Å²) in [5.74, 6) is 1.36. The van der Waals surface area contributed by atoms with Crippen LogP contribution in [-0.4, -0.2) is 62.9 Å². The maximum atomic E-state index is 12.0. The van der Waals surface area contributed by atoms with Crippen molar-refractivity contribution in [1.82, 2.24) is 10.2 Å². The van der Waals surface area contributed by atoms with Crippen LogP contribution < -0.4 is 20.5 Å². The van der Waals surface area contributed by atoms with Gasteiger partial charge in [-0.3, -0.25) is 4.79 Å². The Hall–Kier alpha value is -2.61. The summed E-state index contributed by atoms with van der Waals surface area (Å²) in [7, 11) is 3.21. The molecule has 1 atom stereocenters. The molecule has 2 aromatic rings. The molecule has 3 rings (SSSR count). The van der Waals surface area contributed by atoms with Gasteiger partial charge in [0.05, 0.1) is 20.3 Å². The van der Waals surface area contributed by atoms with E-state index in [0.717, 1.165) is 44.5 Å². The lowest BCUT2D eigenvalue weighted by Crippen LogP contribution is -2.37. The molecule has 0 radical (unpaired) electrons. The SMILES string of the molecule is COc1cccc(C(O)C2CCN(CCc3ccc(C(=O)NCCN)cc3)CC2)c1OC. The second kappa shape index (κ2) is 11.9. The Bertz CT molecular complexity index is 864. The second-order valence-electron chi connectivity index (χ2n) is 8.20. The van der Waals surface area contributed by atoms with E-state index < -0.39 is 6.10 Å². The molecule has 7 heteroatoms. The highest BCUT2D eigenvalue weighted by Gasteiger charge is 2.29. The number of rotatable bonds is 10. The minimum absolute atomic E-state index is 0.0877. The van der Waals surface area contributed by atoms with Gasteiger partial charge >= 0.3 is 0 Å². The molecule has 1 aliphatic heterocycles. The Labute approximate surface area is 190 Å². The van der Waals surface area contributed by atoms with Crippen LogP contribution in [0.5, 0.6) is 11.5 Å². The van der Waals surface area contributed by atoms with E-state index in [4.69, 9.17) is 15.2 Å². The topological polar surface area (TPSA) is 97.1 Å². The van der Waals surface area contributed by atoms with Crippen LogP contribution in [0.3, 0.4) is 0 Å². The highest BCUT2D eigenvalue weighted by molar-refractivity contribution is 5.94. The Kier molecular flexibility index (Phi) is 8.90. The molecule has 1 unspecified atom stereocenters. The first-order chi connectivity index (χ1) is 15.6. The van der Waals surface area contributed by atoms with Gasteiger partial charge in [0.1, 0.15) is 0 Å².